The average molecular weight is 545 g/mol. The molecule has 0 spiro atoms. The highest BCUT2D eigenvalue weighted by Gasteiger charge is 2.51. The lowest BCUT2D eigenvalue weighted by Crippen LogP contribution is -2.48. The fourth-order valence-electron chi connectivity index (χ4n) is 8.42. The van der Waals surface area contributed by atoms with Crippen LogP contribution in [0, 0.1) is 29.1 Å². The van der Waals surface area contributed by atoms with E-state index in [9.17, 15) is 5.26 Å². The summed E-state index contributed by atoms with van der Waals surface area (Å²) in [6, 6.07) is 37.5. The topological polar surface area (TPSA) is 62.5 Å². The van der Waals surface area contributed by atoms with E-state index in [0.29, 0.717) is 28.5 Å². The first-order valence-corrected chi connectivity index (χ1v) is 15.2. The summed E-state index contributed by atoms with van der Waals surface area (Å²) in [7, 11) is 0. The SMILES string of the molecule is N#Cc1ccc(-c2nc(-c3ccccc3)nc(-c3ccccc3)n2)cc1-c1ccc(C23CC4C[C@H](C2)C[C@@H](C4)C3)cc1. The van der Waals surface area contributed by atoms with Crippen LogP contribution < -0.4 is 0 Å². The molecular formula is C38H32N4. The van der Waals surface area contributed by atoms with Crippen molar-refractivity contribution in [3.63, 3.8) is 0 Å². The molecular weight excluding hydrogens is 512 g/mol. The summed E-state index contributed by atoms with van der Waals surface area (Å²) in [5, 5.41) is 10.0. The Morgan fingerprint density at radius 3 is 1.52 bits per heavy atom. The molecule has 0 saturated heterocycles. The van der Waals surface area contributed by atoms with Crippen LogP contribution in [-0.2, 0) is 5.41 Å². The molecule has 0 radical (unpaired) electrons. The summed E-state index contributed by atoms with van der Waals surface area (Å²) in [6.45, 7) is 0. The first-order valence-electron chi connectivity index (χ1n) is 15.2. The van der Waals surface area contributed by atoms with Gasteiger partial charge in [0.25, 0.3) is 0 Å². The van der Waals surface area contributed by atoms with Crippen molar-refractivity contribution in [2.24, 2.45) is 17.8 Å². The number of hydrogen-bond donors (Lipinski definition) is 0. The van der Waals surface area contributed by atoms with Gasteiger partial charge in [-0.15, -0.1) is 0 Å². The van der Waals surface area contributed by atoms with Crippen LogP contribution in [0.3, 0.4) is 0 Å². The molecule has 42 heavy (non-hydrogen) atoms. The van der Waals surface area contributed by atoms with Crippen molar-refractivity contribution >= 4 is 0 Å². The van der Waals surface area contributed by atoms with Crippen LogP contribution in [0.1, 0.15) is 49.7 Å². The minimum Gasteiger partial charge on any atom is -0.208 e. The van der Waals surface area contributed by atoms with Crippen molar-refractivity contribution in [1.29, 1.82) is 5.26 Å². The van der Waals surface area contributed by atoms with Gasteiger partial charge >= 0.3 is 0 Å². The molecule has 4 aliphatic rings. The quantitative estimate of drug-likeness (QED) is 0.222. The highest BCUT2D eigenvalue weighted by atomic mass is 15.0. The van der Waals surface area contributed by atoms with E-state index in [1.54, 1.807) is 0 Å². The maximum atomic E-state index is 10.0. The minimum absolute atomic E-state index is 0.361. The van der Waals surface area contributed by atoms with Gasteiger partial charge in [-0.2, -0.15) is 5.26 Å². The summed E-state index contributed by atoms with van der Waals surface area (Å²) in [4.78, 5) is 14.6. The highest BCUT2D eigenvalue weighted by molar-refractivity contribution is 5.77. The lowest BCUT2D eigenvalue weighted by molar-refractivity contribution is -0.00518. The Bertz CT molecular complexity index is 1710. The largest absolute Gasteiger partial charge is 0.208 e. The van der Waals surface area contributed by atoms with Gasteiger partial charge in [0.1, 0.15) is 0 Å². The third-order valence-electron chi connectivity index (χ3n) is 9.94. The standard InChI is InChI=1S/C38H32N4/c39-24-32-12-11-31(37-41-35(29-7-3-1-4-8-29)40-36(42-37)30-9-5-2-6-10-30)20-34(32)28-13-15-33(16-14-28)38-21-25-17-26(22-38)19-27(18-25)23-38/h1-16,20,25-27H,17-19,21-23H2/t25-,26+,27?,38?. The van der Waals surface area contributed by atoms with Gasteiger partial charge in [0, 0.05) is 22.3 Å². The van der Waals surface area contributed by atoms with Gasteiger partial charge in [-0.05, 0) is 91.0 Å². The Morgan fingerprint density at radius 2 is 1.02 bits per heavy atom. The molecule has 4 nitrogen and oxygen atoms in total. The lowest BCUT2D eigenvalue weighted by Gasteiger charge is -2.57. The van der Waals surface area contributed by atoms with Crippen LogP contribution in [0.15, 0.2) is 103 Å². The molecule has 1 heterocycles. The number of aromatic nitrogens is 3. The van der Waals surface area contributed by atoms with Gasteiger partial charge < -0.3 is 0 Å². The fourth-order valence-corrected chi connectivity index (χ4v) is 8.42. The Morgan fingerprint density at radius 1 is 0.548 bits per heavy atom. The van der Waals surface area contributed by atoms with Crippen molar-refractivity contribution < 1.29 is 0 Å². The second-order valence-corrected chi connectivity index (χ2v) is 12.7. The summed E-state index contributed by atoms with van der Waals surface area (Å²) in [5.74, 6) is 4.60. The van der Waals surface area contributed by atoms with Gasteiger partial charge in [-0.25, -0.2) is 15.0 Å². The van der Waals surface area contributed by atoms with E-state index >= 15 is 0 Å². The van der Waals surface area contributed by atoms with Crippen LogP contribution in [-0.4, -0.2) is 15.0 Å². The first-order chi connectivity index (χ1) is 20.7. The number of nitrogens with zero attached hydrogens (tertiary/aromatic N) is 4. The van der Waals surface area contributed by atoms with E-state index in [0.717, 1.165) is 45.6 Å². The molecule has 4 heteroatoms. The van der Waals surface area contributed by atoms with Crippen LogP contribution >= 0.6 is 0 Å². The average Bonchev–Trinajstić information content (AvgIpc) is 3.04. The zero-order chi connectivity index (χ0) is 28.1. The molecule has 4 saturated carbocycles. The van der Waals surface area contributed by atoms with E-state index < -0.39 is 0 Å². The molecule has 1 aromatic heterocycles. The molecule has 0 unspecified atom stereocenters. The smallest absolute Gasteiger partial charge is 0.164 e. The number of nitriles is 1. The van der Waals surface area contributed by atoms with Crippen LogP contribution in [0.2, 0.25) is 0 Å². The van der Waals surface area contributed by atoms with Crippen LogP contribution in [0.4, 0.5) is 0 Å². The molecule has 4 aliphatic carbocycles. The minimum atomic E-state index is 0.361. The second-order valence-electron chi connectivity index (χ2n) is 12.7. The maximum absolute atomic E-state index is 10.0. The molecule has 9 rings (SSSR count). The summed E-state index contributed by atoms with van der Waals surface area (Å²) in [5.41, 5.74) is 7.22. The number of rotatable bonds is 5. The molecule has 5 aromatic rings. The zero-order valence-corrected chi connectivity index (χ0v) is 23.6. The van der Waals surface area contributed by atoms with Crippen LogP contribution in [0.25, 0.3) is 45.3 Å². The van der Waals surface area contributed by atoms with Gasteiger partial charge in [-0.1, -0.05) is 84.9 Å². The van der Waals surface area contributed by atoms with Crippen molar-refractivity contribution in [2.75, 3.05) is 0 Å². The zero-order valence-electron chi connectivity index (χ0n) is 23.6. The van der Waals surface area contributed by atoms with Crippen molar-refractivity contribution in [1.82, 2.24) is 15.0 Å². The third kappa shape index (κ3) is 4.41. The molecule has 4 aromatic carbocycles. The summed E-state index contributed by atoms with van der Waals surface area (Å²) >= 11 is 0. The molecule has 0 atom stereocenters. The first kappa shape index (κ1) is 25.1. The van der Waals surface area contributed by atoms with E-state index in [4.69, 9.17) is 15.0 Å². The van der Waals surface area contributed by atoms with E-state index in [1.807, 2.05) is 72.8 Å². The van der Waals surface area contributed by atoms with E-state index in [-0.39, 0.29) is 0 Å². The molecule has 0 N–H and O–H groups in total. The van der Waals surface area contributed by atoms with E-state index in [1.165, 1.54) is 44.1 Å². The maximum Gasteiger partial charge on any atom is 0.164 e. The fraction of sp³-hybridized carbons (Fsp3) is 0.263. The Hall–Kier alpha value is -4.62. The summed E-state index contributed by atoms with van der Waals surface area (Å²) in [6.07, 6.45) is 8.40. The van der Waals surface area contributed by atoms with Gasteiger partial charge in [0.2, 0.25) is 0 Å². The van der Waals surface area contributed by atoms with Crippen molar-refractivity contribution in [3.05, 3.63) is 114 Å². The van der Waals surface area contributed by atoms with Crippen molar-refractivity contribution in [3.8, 4) is 51.4 Å². The predicted octanol–water partition coefficient (Wildman–Crippen LogP) is 8.88. The Balaban J connectivity index is 1.19. The van der Waals surface area contributed by atoms with Gasteiger partial charge in [0.15, 0.2) is 17.5 Å². The number of benzene rings is 4. The molecule has 4 fully saturated rings. The third-order valence-corrected chi connectivity index (χ3v) is 9.94. The monoisotopic (exact) mass is 544 g/mol. The lowest BCUT2D eigenvalue weighted by atomic mass is 9.48. The van der Waals surface area contributed by atoms with Crippen LogP contribution in [0.5, 0.6) is 0 Å². The molecule has 204 valence electrons. The predicted molar refractivity (Wildman–Crippen MR) is 166 cm³/mol. The molecule has 0 aliphatic heterocycles. The number of hydrogen-bond acceptors (Lipinski definition) is 4. The molecule has 4 bridgehead atoms. The summed E-state index contributed by atoms with van der Waals surface area (Å²) < 4.78 is 0. The van der Waals surface area contributed by atoms with Gasteiger partial charge in [0.05, 0.1) is 11.6 Å². The van der Waals surface area contributed by atoms with Crippen molar-refractivity contribution in [2.45, 2.75) is 43.9 Å². The molecule has 0 amide bonds. The normalized spacial score (nSPS) is 23.9. The second kappa shape index (κ2) is 10.0. The van der Waals surface area contributed by atoms with E-state index in [2.05, 4.69) is 36.4 Å². The highest BCUT2D eigenvalue weighted by Crippen LogP contribution is 2.60. The Kier molecular flexibility index (Phi) is 6.00. The Labute approximate surface area is 247 Å². The van der Waals surface area contributed by atoms with Gasteiger partial charge in [-0.3, -0.25) is 0 Å².